The maximum atomic E-state index is 8.87. The van der Waals surface area contributed by atoms with Crippen molar-refractivity contribution in [1.29, 1.82) is 0 Å². The van der Waals surface area contributed by atoms with Crippen LogP contribution >= 0.6 is 0 Å². The summed E-state index contributed by atoms with van der Waals surface area (Å²) in [6, 6.07) is 18.8. The van der Waals surface area contributed by atoms with Crippen LogP contribution in [0, 0.1) is 11.8 Å². The van der Waals surface area contributed by atoms with Crippen LogP contribution in [0.25, 0.3) is 21.5 Å². The SMILES string of the molecule is OCCC#Cc1c2ccccc2cc2ccccc12. The summed E-state index contributed by atoms with van der Waals surface area (Å²) in [6.07, 6.45) is 0.511. The Morgan fingerprint density at radius 2 is 1.42 bits per heavy atom. The summed E-state index contributed by atoms with van der Waals surface area (Å²) in [5.74, 6) is 6.26. The van der Waals surface area contributed by atoms with Crippen molar-refractivity contribution in [2.45, 2.75) is 6.42 Å². The van der Waals surface area contributed by atoms with Gasteiger partial charge in [0.2, 0.25) is 0 Å². The first-order valence-corrected chi connectivity index (χ1v) is 6.40. The Morgan fingerprint density at radius 3 is 2.00 bits per heavy atom. The smallest absolute Gasteiger partial charge is 0.0540 e. The average Bonchev–Trinajstić information content (AvgIpc) is 2.46. The molecule has 0 unspecified atom stereocenters. The molecule has 0 radical (unpaired) electrons. The molecule has 0 aromatic heterocycles. The highest BCUT2D eigenvalue weighted by atomic mass is 16.2. The Balaban J connectivity index is 2.37. The zero-order valence-electron chi connectivity index (χ0n) is 10.6. The number of hydrogen-bond acceptors (Lipinski definition) is 1. The summed E-state index contributed by atoms with van der Waals surface area (Å²) < 4.78 is 0. The van der Waals surface area contributed by atoms with E-state index in [1.54, 1.807) is 0 Å². The molecule has 1 N–H and O–H groups in total. The fraction of sp³-hybridized carbons (Fsp3) is 0.111. The molecule has 0 spiro atoms. The molecular weight excluding hydrogens is 232 g/mol. The van der Waals surface area contributed by atoms with Gasteiger partial charge in [0, 0.05) is 12.0 Å². The van der Waals surface area contributed by atoms with Gasteiger partial charge in [-0.2, -0.15) is 0 Å². The minimum Gasteiger partial charge on any atom is -0.395 e. The molecule has 0 aliphatic carbocycles. The lowest BCUT2D eigenvalue weighted by Gasteiger charge is -2.06. The van der Waals surface area contributed by atoms with Crippen molar-refractivity contribution in [3.05, 3.63) is 60.2 Å². The first kappa shape index (κ1) is 11.8. The molecule has 3 rings (SSSR count). The molecule has 0 aliphatic heterocycles. The van der Waals surface area contributed by atoms with E-state index in [1.165, 1.54) is 21.5 Å². The van der Waals surface area contributed by atoms with Gasteiger partial charge in [-0.15, -0.1) is 0 Å². The van der Waals surface area contributed by atoms with E-state index in [2.05, 4.69) is 42.2 Å². The highest BCUT2D eigenvalue weighted by molar-refractivity contribution is 6.04. The van der Waals surface area contributed by atoms with E-state index >= 15 is 0 Å². The molecule has 1 nitrogen and oxygen atoms in total. The summed E-state index contributed by atoms with van der Waals surface area (Å²) >= 11 is 0. The van der Waals surface area contributed by atoms with Crippen molar-refractivity contribution in [3.63, 3.8) is 0 Å². The van der Waals surface area contributed by atoms with Crippen molar-refractivity contribution in [3.8, 4) is 11.8 Å². The van der Waals surface area contributed by atoms with E-state index in [1.807, 2.05) is 24.3 Å². The van der Waals surface area contributed by atoms with E-state index in [4.69, 9.17) is 5.11 Å². The van der Waals surface area contributed by atoms with Crippen molar-refractivity contribution in [2.24, 2.45) is 0 Å². The minimum absolute atomic E-state index is 0.107. The molecule has 0 aliphatic rings. The van der Waals surface area contributed by atoms with Crippen LogP contribution in [-0.4, -0.2) is 11.7 Å². The maximum absolute atomic E-state index is 8.87. The van der Waals surface area contributed by atoms with E-state index in [0.29, 0.717) is 6.42 Å². The van der Waals surface area contributed by atoms with Gasteiger partial charge in [-0.3, -0.25) is 0 Å². The summed E-state index contributed by atoms with van der Waals surface area (Å²) in [7, 11) is 0. The summed E-state index contributed by atoms with van der Waals surface area (Å²) in [5, 5.41) is 13.6. The third-order valence-corrected chi connectivity index (χ3v) is 3.22. The van der Waals surface area contributed by atoms with Crippen LogP contribution < -0.4 is 0 Å². The van der Waals surface area contributed by atoms with E-state index in [-0.39, 0.29) is 6.61 Å². The first-order valence-electron chi connectivity index (χ1n) is 6.40. The van der Waals surface area contributed by atoms with Crippen LogP contribution in [0.4, 0.5) is 0 Å². The lowest BCUT2D eigenvalue weighted by molar-refractivity contribution is 0.305. The van der Waals surface area contributed by atoms with Crippen molar-refractivity contribution < 1.29 is 5.11 Å². The molecule has 19 heavy (non-hydrogen) atoms. The minimum atomic E-state index is 0.107. The van der Waals surface area contributed by atoms with Crippen LogP contribution in [0.3, 0.4) is 0 Å². The molecule has 92 valence electrons. The monoisotopic (exact) mass is 246 g/mol. The van der Waals surface area contributed by atoms with Crippen molar-refractivity contribution >= 4 is 21.5 Å². The van der Waals surface area contributed by atoms with Crippen LogP contribution in [0.15, 0.2) is 54.6 Å². The quantitative estimate of drug-likeness (QED) is 0.512. The number of aliphatic hydroxyl groups is 1. The summed E-state index contributed by atoms with van der Waals surface area (Å²) in [6.45, 7) is 0.107. The summed E-state index contributed by atoms with van der Waals surface area (Å²) in [5.41, 5.74) is 1.06. The Bertz CT molecular complexity index is 737. The number of hydrogen-bond donors (Lipinski definition) is 1. The second-order valence-electron chi connectivity index (χ2n) is 4.47. The van der Waals surface area contributed by atoms with Gasteiger partial charge >= 0.3 is 0 Å². The zero-order valence-corrected chi connectivity index (χ0v) is 10.6. The largest absolute Gasteiger partial charge is 0.395 e. The van der Waals surface area contributed by atoms with Gasteiger partial charge in [0.1, 0.15) is 0 Å². The molecule has 0 saturated carbocycles. The van der Waals surface area contributed by atoms with Crippen molar-refractivity contribution in [1.82, 2.24) is 0 Å². The number of fused-ring (bicyclic) bond motifs is 2. The third kappa shape index (κ3) is 2.19. The van der Waals surface area contributed by atoms with E-state index in [9.17, 15) is 0 Å². The fourth-order valence-corrected chi connectivity index (χ4v) is 2.36. The van der Waals surface area contributed by atoms with Crippen LogP contribution in [0.5, 0.6) is 0 Å². The molecule has 3 aromatic rings. The van der Waals surface area contributed by atoms with Crippen LogP contribution in [0.2, 0.25) is 0 Å². The topological polar surface area (TPSA) is 20.2 Å². The predicted molar refractivity (Wildman–Crippen MR) is 80.0 cm³/mol. The Hall–Kier alpha value is -2.30. The zero-order chi connectivity index (χ0) is 13.1. The molecule has 0 fully saturated rings. The predicted octanol–water partition coefficient (Wildman–Crippen LogP) is 3.73. The number of rotatable bonds is 1. The Labute approximate surface area is 112 Å². The normalized spacial score (nSPS) is 10.4. The second kappa shape index (κ2) is 5.14. The highest BCUT2D eigenvalue weighted by Gasteiger charge is 2.04. The Morgan fingerprint density at radius 1 is 0.842 bits per heavy atom. The van der Waals surface area contributed by atoms with E-state index < -0.39 is 0 Å². The molecule has 0 bridgehead atoms. The molecule has 0 amide bonds. The van der Waals surface area contributed by atoms with Crippen molar-refractivity contribution in [2.75, 3.05) is 6.61 Å². The number of benzene rings is 3. The van der Waals surface area contributed by atoms with Gasteiger partial charge in [0.25, 0.3) is 0 Å². The number of aliphatic hydroxyl groups excluding tert-OH is 1. The molecule has 0 heterocycles. The molecule has 0 saturated heterocycles. The van der Waals surface area contributed by atoms with Gasteiger partial charge in [-0.1, -0.05) is 60.4 Å². The maximum Gasteiger partial charge on any atom is 0.0540 e. The van der Waals surface area contributed by atoms with Gasteiger partial charge < -0.3 is 5.11 Å². The van der Waals surface area contributed by atoms with Gasteiger partial charge in [-0.05, 0) is 27.6 Å². The van der Waals surface area contributed by atoms with Crippen LogP contribution in [-0.2, 0) is 0 Å². The van der Waals surface area contributed by atoms with E-state index in [0.717, 1.165) is 5.56 Å². The first-order chi connectivity index (χ1) is 9.40. The van der Waals surface area contributed by atoms with Gasteiger partial charge in [0.15, 0.2) is 0 Å². The van der Waals surface area contributed by atoms with Crippen LogP contribution in [0.1, 0.15) is 12.0 Å². The van der Waals surface area contributed by atoms with Gasteiger partial charge in [-0.25, -0.2) is 0 Å². The highest BCUT2D eigenvalue weighted by Crippen LogP contribution is 2.27. The third-order valence-electron chi connectivity index (χ3n) is 3.22. The molecule has 0 atom stereocenters. The second-order valence-corrected chi connectivity index (χ2v) is 4.47. The lowest BCUT2D eigenvalue weighted by atomic mass is 9.97. The molecule has 1 heteroatoms. The molecular formula is C18H14O. The fourth-order valence-electron chi connectivity index (χ4n) is 2.36. The average molecular weight is 246 g/mol. The lowest BCUT2D eigenvalue weighted by Crippen LogP contribution is -1.85. The molecule has 3 aromatic carbocycles. The van der Waals surface area contributed by atoms with Gasteiger partial charge in [0.05, 0.1) is 6.61 Å². The Kier molecular flexibility index (Phi) is 3.18. The summed E-state index contributed by atoms with van der Waals surface area (Å²) in [4.78, 5) is 0. The standard InChI is InChI=1S/C18H14O/c19-12-6-5-11-18-16-9-3-1-7-14(16)13-15-8-2-4-10-17(15)18/h1-4,7-10,13,19H,6,12H2.